The topological polar surface area (TPSA) is 52.3 Å². The number of halogens is 1. The Morgan fingerprint density at radius 3 is 2.43 bits per heavy atom. The molecular weight excluding hydrogens is 202 g/mol. The molecule has 0 aromatic heterocycles. The zero-order chi connectivity index (χ0) is 10.1. The molecule has 2 N–H and O–H groups in total. The summed E-state index contributed by atoms with van der Waals surface area (Å²) in [7, 11) is 1.43. The van der Waals surface area contributed by atoms with Crippen molar-refractivity contribution in [3.8, 4) is 0 Å². The van der Waals surface area contributed by atoms with Gasteiger partial charge in [-0.1, -0.05) is 19.8 Å². The van der Waals surface area contributed by atoms with E-state index in [1.165, 1.54) is 7.11 Å². The first-order valence-corrected chi connectivity index (χ1v) is 5.01. The molecule has 3 nitrogen and oxygen atoms in total. The van der Waals surface area contributed by atoms with E-state index < -0.39 is 0 Å². The highest BCUT2D eigenvalue weighted by Gasteiger charge is 2.09. The Bertz CT molecular complexity index is 136. The van der Waals surface area contributed by atoms with Crippen molar-refractivity contribution in [1.82, 2.24) is 0 Å². The molecule has 14 heavy (non-hydrogen) atoms. The van der Waals surface area contributed by atoms with Crippen molar-refractivity contribution in [2.45, 2.75) is 39.0 Å². The van der Waals surface area contributed by atoms with Crippen LogP contribution in [0.25, 0.3) is 0 Å². The molecule has 0 saturated carbocycles. The average Bonchev–Trinajstić information content (AvgIpc) is 2.14. The average molecular weight is 224 g/mol. The third-order valence-corrected chi connectivity index (χ3v) is 2.26. The SMILES string of the molecule is CCCC(CCN)CCC(=O)OC.Cl. The molecule has 1 unspecified atom stereocenters. The van der Waals surface area contributed by atoms with Crippen molar-refractivity contribution >= 4 is 18.4 Å². The van der Waals surface area contributed by atoms with Crippen LogP contribution >= 0.6 is 12.4 Å². The van der Waals surface area contributed by atoms with Crippen molar-refractivity contribution in [3.63, 3.8) is 0 Å². The molecule has 86 valence electrons. The summed E-state index contributed by atoms with van der Waals surface area (Å²) in [5.74, 6) is 0.479. The number of carbonyl (C=O) groups is 1. The van der Waals surface area contributed by atoms with Gasteiger partial charge in [0, 0.05) is 6.42 Å². The molecule has 0 aromatic carbocycles. The Labute approximate surface area is 92.8 Å². The van der Waals surface area contributed by atoms with Crippen molar-refractivity contribution in [1.29, 1.82) is 0 Å². The van der Waals surface area contributed by atoms with Crippen LogP contribution in [-0.2, 0) is 9.53 Å². The van der Waals surface area contributed by atoms with E-state index in [-0.39, 0.29) is 18.4 Å². The van der Waals surface area contributed by atoms with Crippen molar-refractivity contribution in [2.75, 3.05) is 13.7 Å². The summed E-state index contributed by atoms with van der Waals surface area (Å²) in [6, 6.07) is 0. The third-order valence-electron chi connectivity index (χ3n) is 2.26. The molecule has 1 atom stereocenters. The van der Waals surface area contributed by atoms with Gasteiger partial charge in [-0.05, 0) is 25.3 Å². The predicted molar refractivity (Wildman–Crippen MR) is 60.6 cm³/mol. The van der Waals surface area contributed by atoms with Gasteiger partial charge in [-0.15, -0.1) is 12.4 Å². The van der Waals surface area contributed by atoms with Crippen LogP contribution < -0.4 is 5.73 Å². The largest absolute Gasteiger partial charge is 0.469 e. The highest BCUT2D eigenvalue weighted by Crippen LogP contribution is 2.16. The van der Waals surface area contributed by atoms with Crippen molar-refractivity contribution < 1.29 is 9.53 Å². The molecular formula is C10H22ClNO2. The minimum absolute atomic E-state index is 0. The summed E-state index contributed by atoms with van der Waals surface area (Å²) in [5, 5.41) is 0. The van der Waals surface area contributed by atoms with Crippen LogP contribution in [0.5, 0.6) is 0 Å². The van der Waals surface area contributed by atoms with Crippen LogP contribution in [0.1, 0.15) is 39.0 Å². The van der Waals surface area contributed by atoms with Gasteiger partial charge in [-0.25, -0.2) is 0 Å². The Kier molecular flexibility index (Phi) is 12.5. The number of rotatable bonds is 7. The lowest BCUT2D eigenvalue weighted by Gasteiger charge is -2.13. The molecule has 0 saturated heterocycles. The number of hydrogen-bond donors (Lipinski definition) is 1. The van der Waals surface area contributed by atoms with Crippen LogP contribution in [0.2, 0.25) is 0 Å². The highest BCUT2D eigenvalue weighted by molar-refractivity contribution is 5.85. The fourth-order valence-electron chi connectivity index (χ4n) is 1.50. The molecule has 0 aliphatic rings. The second kappa shape index (κ2) is 10.8. The molecule has 0 aliphatic carbocycles. The van der Waals surface area contributed by atoms with E-state index in [1.54, 1.807) is 0 Å². The number of hydrogen-bond acceptors (Lipinski definition) is 3. The van der Waals surface area contributed by atoms with Crippen LogP contribution in [0, 0.1) is 5.92 Å². The van der Waals surface area contributed by atoms with Gasteiger partial charge < -0.3 is 10.5 Å². The Morgan fingerprint density at radius 2 is 2.00 bits per heavy atom. The maximum atomic E-state index is 10.9. The van der Waals surface area contributed by atoms with Gasteiger partial charge in [-0.2, -0.15) is 0 Å². The molecule has 0 bridgehead atoms. The van der Waals surface area contributed by atoms with E-state index in [2.05, 4.69) is 11.7 Å². The van der Waals surface area contributed by atoms with Gasteiger partial charge in [0.05, 0.1) is 7.11 Å². The predicted octanol–water partition coefficient (Wildman–Crippen LogP) is 2.13. The monoisotopic (exact) mass is 223 g/mol. The first-order valence-electron chi connectivity index (χ1n) is 5.01. The first-order chi connectivity index (χ1) is 6.24. The minimum atomic E-state index is -0.113. The van der Waals surface area contributed by atoms with Crippen molar-refractivity contribution in [3.05, 3.63) is 0 Å². The Balaban J connectivity index is 0. The van der Waals surface area contributed by atoms with Crippen LogP contribution in [0.4, 0.5) is 0 Å². The summed E-state index contributed by atoms with van der Waals surface area (Å²) >= 11 is 0. The molecule has 4 heteroatoms. The molecule has 0 radical (unpaired) electrons. The fraction of sp³-hybridized carbons (Fsp3) is 0.900. The molecule has 0 fully saturated rings. The van der Waals surface area contributed by atoms with E-state index in [4.69, 9.17) is 5.73 Å². The molecule has 0 rings (SSSR count). The number of carbonyl (C=O) groups excluding carboxylic acids is 1. The van der Waals surface area contributed by atoms with Crippen LogP contribution in [0.3, 0.4) is 0 Å². The van der Waals surface area contributed by atoms with Gasteiger partial charge in [0.25, 0.3) is 0 Å². The smallest absolute Gasteiger partial charge is 0.305 e. The second-order valence-corrected chi connectivity index (χ2v) is 3.35. The van der Waals surface area contributed by atoms with E-state index >= 15 is 0 Å². The molecule has 0 spiro atoms. The number of esters is 1. The van der Waals surface area contributed by atoms with Crippen LogP contribution in [-0.4, -0.2) is 19.6 Å². The number of nitrogens with two attached hydrogens (primary N) is 1. The molecule has 0 amide bonds. The standard InChI is InChI=1S/C10H21NO2.ClH/c1-3-4-9(7-8-11)5-6-10(12)13-2;/h9H,3-8,11H2,1-2H3;1H. The number of ether oxygens (including phenoxy) is 1. The minimum Gasteiger partial charge on any atom is -0.469 e. The van der Waals surface area contributed by atoms with E-state index in [0.717, 1.165) is 25.7 Å². The Morgan fingerprint density at radius 1 is 1.36 bits per heavy atom. The zero-order valence-electron chi connectivity index (χ0n) is 9.12. The molecule has 0 aliphatic heterocycles. The normalized spacial score (nSPS) is 11.6. The quantitative estimate of drug-likeness (QED) is 0.673. The lowest BCUT2D eigenvalue weighted by Crippen LogP contribution is -2.11. The van der Waals surface area contributed by atoms with Gasteiger partial charge in [0.1, 0.15) is 0 Å². The maximum absolute atomic E-state index is 10.9. The van der Waals surface area contributed by atoms with Gasteiger partial charge >= 0.3 is 5.97 Å². The fourth-order valence-corrected chi connectivity index (χ4v) is 1.50. The van der Waals surface area contributed by atoms with Gasteiger partial charge in [0.15, 0.2) is 0 Å². The number of methoxy groups -OCH3 is 1. The van der Waals surface area contributed by atoms with E-state index in [1.807, 2.05) is 0 Å². The highest BCUT2D eigenvalue weighted by atomic mass is 35.5. The Hall–Kier alpha value is -0.280. The summed E-state index contributed by atoms with van der Waals surface area (Å²) in [6.07, 6.45) is 4.78. The summed E-state index contributed by atoms with van der Waals surface area (Å²) in [6.45, 7) is 2.87. The first kappa shape index (κ1) is 16.2. The maximum Gasteiger partial charge on any atom is 0.305 e. The van der Waals surface area contributed by atoms with E-state index in [9.17, 15) is 4.79 Å². The lowest BCUT2D eigenvalue weighted by molar-refractivity contribution is -0.140. The lowest BCUT2D eigenvalue weighted by atomic mass is 9.95. The zero-order valence-corrected chi connectivity index (χ0v) is 9.94. The third kappa shape index (κ3) is 8.32. The van der Waals surface area contributed by atoms with Crippen LogP contribution in [0.15, 0.2) is 0 Å². The summed E-state index contributed by atoms with van der Waals surface area (Å²) in [5.41, 5.74) is 5.48. The summed E-state index contributed by atoms with van der Waals surface area (Å²) in [4.78, 5) is 10.9. The van der Waals surface area contributed by atoms with Gasteiger partial charge in [-0.3, -0.25) is 4.79 Å². The van der Waals surface area contributed by atoms with Gasteiger partial charge in [0.2, 0.25) is 0 Å². The van der Waals surface area contributed by atoms with E-state index in [0.29, 0.717) is 18.9 Å². The molecule has 0 aromatic rings. The second-order valence-electron chi connectivity index (χ2n) is 3.35. The summed E-state index contributed by atoms with van der Waals surface area (Å²) < 4.78 is 4.59. The molecule has 0 heterocycles. The van der Waals surface area contributed by atoms with Crippen molar-refractivity contribution in [2.24, 2.45) is 11.7 Å².